The van der Waals surface area contributed by atoms with Gasteiger partial charge in [-0.2, -0.15) is 0 Å². The number of likely N-dealkylation sites (tertiary alicyclic amines) is 1. The van der Waals surface area contributed by atoms with Gasteiger partial charge in [0, 0.05) is 35.7 Å². The van der Waals surface area contributed by atoms with Crippen molar-refractivity contribution in [3.63, 3.8) is 0 Å². The summed E-state index contributed by atoms with van der Waals surface area (Å²) >= 11 is 6.20. The summed E-state index contributed by atoms with van der Waals surface area (Å²) in [7, 11) is 0. The number of hydrogen-bond acceptors (Lipinski definition) is 4. The van der Waals surface area contributed by atoms with Crippen molar-refractivity contribution in [1.82, 2.24) is 15.2 Å². The van der Waals surface area contributed by atoms with Gasteiger partial charge in [-0.3, -0.25) is 9.78 Å². The minimum Gasteiger partial charge on any atom is -0.365 e. The third kappa shape index (κ3) is 5.35. The molecule has 168 valence electrons. The first kappa shape index (κ1) is 23.5. The zero-order valence-corrected chi connectivity index (χ0v) is 19.7. The highest BCUT2D eigenvalue weighted by molar-refractivity contribution is 6.31. The molecule has 0 bridgehead atoms. The number of aliphatic imine (C=N–C) groups is 1. The number of amides is 1. The number of allylic oxidation sites excluding steroid dienone is 1. The van der Waals surface area contributed by atoms with Gasteiger partial charge in [0.1, 0.15) is 11.6 Å². The largest absolute Gasteiger partial charge is 0.365 e. The van der Waals surface area contributed by atoms with Crippen LogP contribution in [0.1, 0.15) is 71.4 Å². The lowest BCUT2D eigenvalue weighted by molar-refractivity contribution is -0.128. The van der Waals surface area contributed by atoms with Crippen LogP contribution in [0.5, 0.6) is 0 Å². The fourth-order valence-electron chi connectivity index (χ4n) is 4.16. The second-order valence-corrected chi connectivity index (χ2v) is 9.39. The van der Waals surface area contributed by atoms with Gasteiger partial charge in [-0.25, -0.2) is 9.38 Å². The molecule has 1 amide bonds. The van der Waals surface area contributed by atoms with E-state index in [1.165, 1.54) is 12.3 Å². The van der Waals surface area contributed by atoms with Crippen molar-refractivity contribution >= 4 is 24.2 Å². The molecule has 2 heterocycles. The van der Waals surface area contributed by atoms with E-state index in [-0.39, 0.29) is 17.4 Å². The average molecular weight is 447 g/mol. The molecule has 1 aromatic heterocycles. The lowest BCUT2D eigenvalue weighted by Gasteiger charge is -2.33. The normalized spacial score (nSPS) is 18.8. The molecule has 1 N–H and O–H groups in total. The number of halogens is 2. The van der Waals surface area contributed by atoms with Gasteiger partial charge in [-0.1, -0.05) is 24.1 Å². The molecule has 1 saturated carbocycles. The molecule has 0 radical (unpaired) electrons. The minimum atomic E-state index is -0.436. The SMILES string of the molecule is C=N/C(NC1(C)CC1)=C(\CC)C(C(=O)N1CCC(c2ncc(F)cc2Cl)CC1)=C(C)C. The van der Waals surface area contributed by atoms with Crippen LogP contribution in [0.4, 0.5) is 4.39 Å². The molecule has 31 heavy (non-hydrogen) atoms. The van der Waals surface area contributed by atoms with Crippen molar-refractivity contribution in [3.05, 3.63) is 51.3 Å². The van der Waals surface area contributed by atoms with Gasteiger partial charge < -0.3 is 10.2 Å². The number of pyridine rings is 1. The first-order chi connectivity index (χ1) is 14.7. The standard InChI is InChI=1S/C24H32ClFN4O/c1-6-18(22(27-5)29-24(4)9-10-24)20(15(2)3)23(31)30-11-7-16(8-12-30)21-19(25)13-17(26)14-28-21/h13-14,16,29H,5-12H2,1-4H3/b22-18-. The topological polar surface area (TPSA) is 57.6 Å². The van der Waals surface area contributed by atoms with Gasteiger partial charge in [0.15, 0.2) is 0 Å². The maximum absolute atomic E-state index is 13.5. The maximum atomic E-state index is 13.5. The summed E-state index contributed by atoms with van der Waals surface area (Å²) in [5.41, 5.74) is 3.37. The lowest BCUT2D eigenvalue weighted by atomic mass is 9.91. The van der Waals surface area contributed by atoms with Crippen LogP contribution >= 0.6 is 11.6 Å². The summed E-state index contributed by atoms with van der Waals surface area (Å²) < 4.78 is 13.3. The van der Waals surface area contributed by atoms with Crippen LogP contribution in [-0.2, 0) is 4.79 Å². The smallest absolute Gasteiger partial charge is 0.254 e. The Labute approximate surface area is 189 Å². The van der Waals surface area contributed by atoms with E-state index < -0.39 is 5.82 Å². The van der Waals surface area contributed by atoms with E-state index in [0.717, 1.165) is 42.4 Å². The second-order valence-electron chi connectivity index (χ2n) is 8.99. The Hall–Kier alpha value is -2.21. The quantitative estimate of drug-likeness (QED) is 0.347. The van der Waals surface area contributed by atoms with E-state index in [4.69, 9.17) is 11.6 Å². The Morgan fingerprint density at radius 1 is 1.39 bits per heavy atom. The number of piperidine rings is 1. The molecule has 0 atom stereocenters. The molecule has 0 unspecified atom stereocenters. The van der Waals surface area contributed by atoms with Crippen molar-refractivity contribution in [1.29, 1.82) is 0 Å². The third-order valence-corrected chi connectivity index (χ3v) is 6.54. The summed E-state index contributed by atoms with van der Waals surface area (Å²) in [6, 6.07) is 1.30. The van der Waals surface area contributed by atoms with Crippen molar-refractivity contribution in [2.75, 3.05) is 13.1 Å². The Morgan fingerprint density at radius 2 is 2.03 bits per heavy atom. The van der Waals surface area contributed by atoms with Crippen LogP contribution in [0.25, 0.3) is 0 Å². The summed E-state index contributed by atoms with van der Waals surface area (Å²) in [4.78, 5) is 23.9. The van der Waals surface area contributed by atoms with Crippen molar-refractivity contribution < 1.29 is 9.18 Å². The van der Waals surface area contributed by atoms with E-state index >= 15 is 0 Å². The minimum absolute atomic E-state index is 0.0253. The summed E-state index contributed by atoms with van der Waals surface area (Å²) in [6.07, 6.45) is 5.57. The third-order valence-electron chi connectivity index (χ3n) is 6.24. The predicted molar refractivity (Wildman–Crippen MR) is 124 cm³/mol. The van der Waals surface area contributed by atoms with E-state index in [1.54, 1.807) is 0 Å². The number of aromatic nitrogens is 1. The first-order valence-electron chi connectivity index (χ1n) is 10.9. The van der Waals surface area contributed by atoms with Gasteiger partial charge >= 0.3 is 0 Å². The number of hydrogen-bond donors (Lipinski definition) is 1. The van der Waals surface area contributed by atoms with E-state index in [1.807, 2.05) is 25.7 Å². The first-order valence-corrected chi connectivity index (χ1v) is 11.3. The maximum Gasteiger partial charge on any atom is 0.254 e. The molecule has 2 fully saturated rings. The zero-order valence-electron chi connectivity index (χ0n) is 18.9. The van der Waals surface area contributed by atoms with Gasteiger partial charge in [0.2, 0.25) is 0 Å². The summed E-state index contributed by atoms with van der Waals surface area (Å²) in [5, 5.41) is 3.85. The molecule has 5 nitrogen and oxygen atoms in total. The Morgan fingerprint density at radius 3 is 2.52 bits per heavy atom. The summed E-state index contributed by atoms with van der Waals surface area (Å²) in [6.45, 7) is 13.1. The number of nitrogens with zero attached hydrogens (tertiary/aromatic N) is 3. The van der Waals surface area contributed by atoms with Crippen molar-refractivity contribution in [3.8, 4) is 0 Å². The number of carbonyl (C=O) groups is 1. The molecule has 0 spiro atoms. The molecule has 3 rings (SSSR count). The van der Waals surface area contributed by atoms with Gasteiger partial charge in [-0.05, 0) is 65.7 Å². The zero-order chi connectivity index (χ0) is 22.8. The van der Waals surface area contributed by atoms with Crippen molar-refractivity contribution in [2.45, 2.75) is 71.3 Å². The highest BCUT2D eigenvalue weighted by Crippen LogP contribution is 2.37. The predicted octanol–water partition coefficient (Wildman–Crippen LogP) is 5.38. The Kier molecular flexibility index (Phi) is 7.20. The second kappa shape index (κ2) is 9.51. The molecular weight excluding hydrogens is 415 g/mol. The molecule has 1 aromatic rings. The average Bonchev–Trinajstić information content (AvgIpc) is 3.47. The highest BCUT2D eigenvalue weighted by Gasteiger charge is 2.38. The molecule has 1 saturated heterocycles. The lowest BCUT2D eigenvalue weighted by Crippen LogP contribution is -2.40. The van der Waals surface area contributed by atoms with Crippen molar-refractivity contribution in [2.24, 2.45) is 4.99 Å². The number of rotatable bonds is 7. The van der Waals surface area contributed by atoms with E-state index in [2.05, 4.69) is 28.9 Å². The van der Waals surface area contributed by atoms with Crippen LogP contribution in [0.2, 0.25) is 5.02 Å². The monoisotopic (exact) mass is 446 g/mol. The molecule has 1 aliphatic heterocycles. The molecule has 2 aliphatic rings. The van der Waals surface area contributed by atoms with Gasteiger partial charge in [0.25, 0.3) is 5.91 Å². The molecular formula is C24H32ClFN4O. The number of carbonyl (C=O) groups excluding carboxylic acids is 1. The van der Waals surface area contributed by atoms with Crippen LogP contribution in [-0.4, -0.2) is 41.1 Å². The van der Waals surface area contributed by atoms with E-state index in [9.17, 15) is 9.18 Å². The number of nitrogens with one attached hydrogen (secondary N) is 1. The van der Waals surface area contributed by atoms with Crippen LogP contribution in [0.3, 0.4) is 0 Å². The van der Waals surface area contributed by atoms with Gasteiger partial charge in [0.05, 0.1) is 16.9 Å². The van der Waals surface area contributed by atoms with E-state index in [0.29, 0.717) is 36.0 Å². The fourth-order valence-corrected chi connectivity index (χ4v) is 4.46. The van der Waals surface area contributed by atoms with Crippen LogP contribution < -0.4 is 5.32 Å². The fraction of sp³-hybridized carbons (Fsp3) is 0.542. The van der Waals surface area contributed by atoms with Gasteiger partial charge in [-0.15, -0.1) is 0 Å². The molecule has 7 heteroatoms. The Bertz CT molecular complexity index is 924. The highest BCUT2D eigenvalue weighted by atomic mass is 35.5. The van der Waals surface area contributed by atoms with Crippen LogP contribution in [0.15, 0.2) is 39.8 Å². The summed E-state index contributed by atoms with van der Waals surface area (Å²) in [5.74, 6) is 0.422. The van der Waals surface area contributed by atoms with Crippen LogP contribution in [0, 0.1) is 5.82 Å². The molecule has 1 aliphatic carbocycles. The molecule has 0 aromatic carbocycles. The Balaban J connectivity index is 1.78.